The van der Waals surface area contributed by atoms with Crippen LogP contribution in [0.1, 0.15) is 10.5 Å². The van der Waals surface area contributed by atoms with E-state index in [0.717, 1.165) is 0 Å². The lowest BCUT2D eigenvalue weighted by Crippen LogP contribution is -2.14. The minimum atomic E-state index is -0.584. The molecule has 1 N–H and O–H groups in total. The Labute approximate surface area is 95.8 Å². The van der Waals surface area contributed by atoms with Crippen LogP contribution in [0.5, 0.6) is 0 Å². The molecule has 0 amide bonds. The van der Waals surface area contributed by atoms with Crippen molar-refractivity contribution in [3.05, 3.63) is 45.3 Å². The molecule has 0 unspecified atom stereocenters. The molecule has 5 heteroatoms. The molecule has 0 aliphatic carbocycles. The number of fused-ring (bicyclic) bond motifs is 1. The van der Waals surface area contributed by atoms with Gasteiger partial charge in [0.05, 0.1) is 7.11 Å². The van der Waals surface area contributed by atoms with Gasteiger partial charge in [0.1, 0.15) is 5.69 Å². The van der Waals surface area contributed by atoms with Gasteiger partial charge in [0, 0.05) is 10.4 Å². The molecule has 0 saturated carbocycles. The number of pyridine rings is 1. The average Bonchev–Trinajstić information content (AvgIpc) is 2.27. The number of esters is 1. The summed E-state index contributed by atoms with van der Waals surface area (Å²) in [6.45, 7) is 0. The monoisotopic (exact) mass is 237 g/mol. The maximum absolute atomic E-state index is 11.6. The Kier molecular flexibility index (Phi) is 2.66. The number of aromatic amines is 1. The predicted molar refractivity (Wildman–Crippen MR) is 60.9 cm³/mol. The lowest BCUT2D eigenvalue weighted by molar-refractivity contribution is 0.0594. The van der Waals surface area contributed by atoms with Crippen LogP contribution in [0.2, 0.25) is 5.02 Å². The molecule has 0 radical (unpaired) electrons. The number of H-pyrrole nitrogens is 1. The number of carbonyl (C=O) groups is 1. The molecule has 1 heterocycles. The Bertz CT molecular complexity index is 618. The molecule has 16 heavy (non-hydrogen) atoms. The first-order chi connectivity index (χ1) is 7.61. The fraction of sp³-hybridized carbons (Fsp3) is 0.0909. The number of rotatable bonds is 1. The van der Waals surface area contributed by atoms with Gasteiger partial charge in [-0.3, -0.25) is 4.79 Å². The van der Waals surface area contributed by atoms with Crippen LogP contribution >= 0.6 is 11.6 Å². The van der Waals surface area contributed by atoms with Crippen LogP contribution < -0.4 is 5.56 Å². The van der Waals surface area contributed by atoms with Crippen LogP contribution in [0.15, 0.2) is 29.1 Å². The van der Waals surface area contributed by atoms with E-state index in [1.165, 1.54) is 13.2 Å². The number of hydrogen-bond acceptors (Lipinski definition) is 3. The van der Waals surface area contributed by atoms with E-state index < -0.39 is 5.97 Å². The second-order valence-corrected chi connectivity index (χ2v) is 3.67. The van der Waals surface area contributed by atoms with E-state index in [4.69, 9.17) is 11.6 Å². The van der Waals surface area contributed by atoms with Gasteiger partial charge in [-0.2, -0.15) is 0 Å². The zero-order chi connectivity index (χ0) is 11.7. The van der Waals surface area contributed by atoms with E-state index in [2.05, 4.69) is 9.72 Å². The summed E-state index contributed by atoms with van der Waals surface area (Å²) < 4.78 is 4.53. The van der Waals surface area contributed by atoms with Gasteiger partial charge >= 0.3 is 5.97 Å². The summed E-state index contributed by atoms with van der Waals surface area (Å²) >= 11 is 5.81. The number of aromatic nitrogens is 1. The van der Waals surface area contributed by atoms with Gasteiger partial charge in [0.25, 0.3) is 5.56 Å². The van der Waals surface area contributed by atoms with Crippen LogP contribution in [0.3, 0.4) is 0 Å². The maximum atomic E-state index is 11.6. The quantitative estimate of drug-likeness (QED) is 0.772. The lowest BCUT2D eigenvalue weighted by Gasteiger charge is -2.02. The third-order valence-corrected chi connectivity index (χ3v) is 2.45. The Hall–Kier alpha value is -1.81. The van der Waals surface area contributed by atoms with E-state index in [1.54, 1.807) is 18.2 Å². The molecule has 0 saturated heterocycles. The highest BCUT2D eigenvalue weighted by atomic mass is 35.5. The first-order valence-corrected chi connectivity index (χ1v) is 4.90. The molecule has 1 aromatic heterocycles. The van der Waals surface area contributed by atoms with Gasteiger partial charge in [0.2, 0.25) is 0 Å². The summed E-state index contributed by atoms with van der Waals surface area (Å²) in [7, 11) is 1.25. The third-order valence-electron chi connectivity index (χ3n) is 2.21. The highest BCUT2D eigenvalue weighted by molar-refractivity contribution is 6.31. The minimum absolute atomic E-state index is 0.113. The molecule has 0 spiro atoms. The second kappa shape index (κ2) is 3.98. The smallest absolute Gasteiger partial charge is 0.354 e. The van der Waals surface area contributed by atoms with Crippen LogP contribution in [-0.4, -0.2) is 18.1 Å². The Morgan fingerprint density at radius 3 is 2.81 bits per heavy atom. The topological polar surface area (TPSA) is 59.2 Å². The number of methoxy groups -OCH3 is 1. The number of benzene rings is 1. The normalized spacial score (nSPS) is 10.4. The van der Waals surface area contributed by atoms with Crippen molar-refractivity contribution in [2.45, 2.75) is 0 Å². The van der Waals surface area contributed by atoms with Gasteiger partial charge in [-0.05, 0) is 29.7 Å². The molecule has 2 rings (SSSR count). The summed E-state index contributed by atoms with van der Waals surface area (Å²) in [6, 6.07) is 6.39. The van der Waals surface area contributed by atoms with Crippen molar-refractivity contribution in [3.63, 3.8) is 0 Å². The van der Waals surface area contributed by atoms with Crippen molar-refractivity contribution in [1.82, 2.24) is 4.98 Å². The van der Waals surface area contributed by atoms with Crippen LogP contribution in [0.4, 0.5) is 0 Å². The lowest BCUT2D eigenvalue weighted by atomic mass is 10.1. The summed E-state index contributed by atoms with van der Waals surface area (Å²) in [5.74, 6) is -0.584. The van der Waals surface area contributed by atoms with E-state index in [1.807, 2.05) is 0 Å². The van der Waals surface area contributed by atoms with E-state index >= 15 is 0 Å². The third kappa shape index (κ3) is 1.79. The zero-order valence-electron chi connectivity index (χ0n) is 8.41. The highest BCUT2D eigenvalue weighted by Gasteiger charge is 2.09. The number of hydrogen-bond donors (Lipinski definition) is 1. The molecular weight excluding hydrogens is 230 g/mol. The van der Waals surface area contributed by atoms with Crippen molar-refractivity contribution in [2.24, 2.45) is 0 Å². The molecule has 0 aliphatic rings. The fourth-order valence-electron chi connectivity index (χ4n) is 1.46. The van der Waals surface area contributed by atoms with Crippen molar-refractivity contribution in [3.8, 4) is 0 Å². The van der Waals surface area contributed by atoms with Crippen molar-refractivity contribution < 1.29 is 9.53 Å². The summed E-state index contributed by atoms with van der Waals surface area (Å²) in [4.78, 5) is 25.3. The number of nitrogens with one attached hydrogen (secondary N) is 1. The summed E-state index contributed by atoms with van der Waals surface area (Å²) in [5.41, 5.74) is -0.225. The number of carbonyl (C=O) groups excluding carboxylic acids is 1. The van der Waals surface area contributed by atoms with E-state index in [9.17, 15) is 9.59 Å². The zero-order valence-corrected chi connectivity index (χ0v) is 9.17. The number of halogens is 1. The molecule has 0 atom stereocenters. The van der Waals surface area contributed by atoms with Crippen molar-refractivity contribution in [2.75, 3.05) is 7.11 Å². The van der Waals surface area contributed by atoms with E-state index in [0.29, 0.717) is 15.8 Å². The van der Waals surface area contributed by atoms with Gasteiger partial charge in [-0.25, -0.2) is 4.79 Å². The van der Waals surface area contributed by atoms with Gasteiger partial charge in [-0.1, -0.05) is 11.6 Å². The molecule has 0 fully saturated rings. The molecular formula is C11H8ClNO3. The van der Waals surface area contributed by atoms with Crippen molar-refractivity contribution in [1.29, 1.82) is 0 Å². The predicted octanol–water partition coefficient (Wildman–Crippen LogP) is 1.97. The van der Waals surface area contributed by atoms with Crippen LogP contribution in [0.25, 0.3) is 10.8 Å². The fourth-order valence-corrected chi connectivity index (χ4v) is 1.64. The van der Waals surface area contributed by atoms with Gasteiger partial charge in [0.15, 0.2) is 0 Å². The molecule has 82 valence electrons. The largest absolute Gasteiger partial charge is 0.464 e. The minimum Gasteiger partial charge on any atom is -0.464 e. The second-order valence-electron chi connectivity index (χ2n) is 3.24. The number of ether oxygens (including phenoxy) is 1. The van der Waals surface area contributed by atoms with Gasteiger partial charge in [-0.15, -0.1) is 0 Å². The standard InChI is InChI=1S/C11H8ClNO3/c1-16-11(15)9-5-6-4-7(12)2-3-8(6)10(14)13-9/h2-5H,1H3,(H,13,14). The Morgan fingerprint density at radius 1 is 1.38 bits per heavy atom. The van der Waals surface area contributed by atoms with E-state index in [-0.39, 0.29) is 11.3 Å². The Balaban J connectivity index is 2.75. The molecule has 0 bridgehead atoms. The summed E-state index contributed by atoms with van der Waals surface area (Å²) in [5, 5.41) is 1.60. The molecule has 0 aliphatic heterocycles. The first-order valence-electron chi connectivity index (χ1n) is 4.52. The first kappa shape index (κ1) is 10.7. The molecule has 4 nitrogen and oxygen atoms in total. The van der Waals surface area contributed by atoms with Gasteiger partial charge < -0.3 is 9.72 Å². The SMILES string of the molecule is COC(=O)c1cc2cc(Cl)ccc2c(=O)[nH]1. The highest BCUT2D eigenvalue weighted by Crippen LogP contribution is 2.17. The van der Waals surface area contributed by atoms with Crippen molar-refractivity contribution >= 4 is 28.3 Å². The summed E-state index contributed by atoms with van der Waals surface area (Å²) in [6.07, 6.45) is 0. The maximum Gasteiger partial charge on any atom is 0.354 e. The Morgan fingerprint density at radius 2 is 2.12 bits per heavy atom. The molecule has 1 aromatic carbocycles. The van der Waals surface area contributed by atoms with Crippen LogP contribution in [0, 0.1) is 0 Å². The average molecular weight is 238 g/mol. The molecule has 2 aromatic rings. The van der Waals surface area contributed by atoms with Crippen LogP contribution in [-0.2, 0) is 4.74 Å².